The molecule has 1 unspecified atom stereocenters. The SMILES string of the molecule is CC1CCC(C(NC(=O)O)C(=O)Nc2ccc3c(c2)NC(=O)C32CCOCC2)CC1. The van der Waals surface area contributed by atoms with E-state index in [1.54, 1.807) is 12.1 Å². The molecule has 1 saturated heterocycles. The van der Waals surface area contributed by atoms with Crippen LogP contribution in [0.2, 0.25) is 0 Å². The van der Waals surface area contributed by atoms with Gasteiger partial charge >= 0.3 is 6.09 Å². The van der Waals surface area contributed by atoms with Crippen LogP contribution >= 0.6 is 0 Å². The minimum atomic E-state index is -1.20. The number of amides is 3. The topological polar surface area (TPSA) is 117 Å². The molecule has 8 heteroatoms. The van der Waals surface area contributed by atoms with Gasteiger partial charge in [-0.2, -0.15) is 0 Å². The van der Waals surface area contributed by atoms with Crippen LogP contribution in [0.4, 0.5) is 16.2 Å². The Balaban J connectivity index is 1.50. The van der Waals surface area contributed by atoms with E-state index in [1.165, 1.54) is 0 Å². The molecule has 1 aliphatic carbocycles. The molecule has 0 radical (unpaired) electrons. The van der Waals surface area contributed by atoms with Gasteiger partial charge in [-0.25, -0.2) is 4.79 Å². The molecular weight excluding hydrogens is 386 g/mol. The summed E-state index contributed by atoms with van der Waals surface area (Å²) < 4.78 is 5.43. The smallest absolute Gasteiger partial charge is 0.405 e. The monoisotopic (exact) mass is 415 g/mol. The van der Waals surface area contributed by atoms with Crippen molar-refractivity contribution >= 4 is 29.3 Å². The largest absolute Gasteiger partial charge is 0.465 e. The number of hydrogen-bond acceptors (Lipinski definition) is 4. The highest BCUT2D eigenvalue weighted by atomic mass is 16.5. The number of rotatable bonds is 4. The highest BCUT2D eigenvalue weighted by Crippen LogP contribution is 2.45. The first-order valence-electron chi connectivity index (χ1n) is 10.7. The van der Waals surface area contributed by atoms with Crippen molar-refractivity contribution in [2.45, 2.75) is 56.9 Å². The fourth-order valence-electron chi connectivity index (χ4n) is 5.09. The average Bonchev–Trinajstić information content (AvgIpc) is 2.98. The molecule has 3 amide bonds. The first kappa shape index (κ1) is 20.7. The van der Waals surface area contributed by atoms with Gasteiger partial charge in [0, 0.05) is 24.6 Å². The molecule has 2 fully saturated rings. The Morgan fingerprint density at radius 1 is 1.20 bits per heavy atom. The van der Waals surface area contributed by atoms with Crippen LogP contribution in [-0.4, -0.2) is 42.3 Å². The van der Waals surface area contributed by atoms with E-state index in [0.29, 0.717) is 43.3 Å². The first-order valence-corrected chi connectivity index (χ1v) is 10.7. The van der Waals surface area contributed by atoms with Crippen LogP contribution in [0.5, 0.6) is 0 Å². The van der Waals surface area contributed by atoms with Crippen LogP contribution in [0.15, 0.2) is 18.2 Å². The molecule has 3 aliphatic rings. The summed E-state index contributed by atoms with van der Waals surface area (Å²) in [7, 11) is 0. The zero-order valence-corrected chi connectivity index (χ0v) is 17.2. The maximum Gasteiger partial charge on any atom is 0.405 e. The summed E-state index contributed by atoms with van der Waals surface area (Å²) in [4.78, 5) is 36.9. The Labute approximate surface area is 175 Å². The lowest BCUT2D eigenvalue weighted by atomic mass is 9.75. The highest BCUT2D eigenvalue weighted by Gasteiger charge is 2.47. The number of nitrogens with one attached hydrogen (secondary N) is 3. The van der Waals surface area contributed by atoms with Gasteiger partial charge in [0.15, 0.2) is 0 Å². The summed E-state index contributed by atoms with van der Waals surface area (Å²) in [6, 6.07) is 4.64. The molecule has 162 valence electrons. The van der Waals surface area contributed by atoms with Gasteiger partial charge in [-0.1, -0.05) is 25.8 Å². The molecule has 1 spiro atoms. The molecule has 0 aromatic heterocycles. The van der Waals surface area contributed by atoms with Gasteiger partial charge in [0.05, 0.1) is 5.41 Å². The molecule has 1 aromatic carbocycles. The lowest BCUT2D eigenvalue weighted by molar-refractivity contribution is -0.124. The lowest BCUT2D eigenvalue weighted by Crippen LogP contribution is -2.48. The fraction of sp³-hybridized carbons (Fsp3) is 0.591. The minimum absolute atomic E-state index is 0.0167. The summed E-state index contributed by atoms with van der Waals surface area (Å²) in [5, 5.41) is 17.4. The summed E-state index contributed by atoms with van der Waals surface area (Å²) in [6.45, 7) is 3.28. The number of carboxylic acid groups (broad SMARTS) is 1. The van der Waals surface area contributed by atoms with Crippen LogP contribution in [-0.2, 0) is 19.7 Å². The van der Waals surface area contributed by atoms with Gasteiger partial charge in [0.25, 0.3) is 0 Å². The van der Waals surface area contributed by atoms with Crippen molar-refractivity contribution in [1.29, 1.82) is 0 Å². The van der Waals surface area contributed by atoms with Gasteiger partial charge in [-0.15, -0.1) is 0 Å². The number of ether oxygens (including phenoxy) is 1. The van der Waals surface area contributed by atoms with Crippen LogP contribution in [0, 0.1) is 11.8 Å². The highest BCUT2D eigenvalue weighted by molar-refractivity contribution is 6.07. The molecule has 1 aromatic rings. The van der Waals surface area contributed by atoms with E-state index in [-0.39, 0.29) is 17.7 Å². The number of benzene rings is 1. The zero-order chi connectivity index (χ0) is 21.3. The lowest BCUT2D eigenvalue weighted by Gasteiger charge is -2.32. The average molecular weight is 415 g/mol. The Kier molecular flexibility index (Phi) is 5.69. The molecule has 30 heavy (non-hydrogen) atoms. The molecule has 1 saturated carbocycles. The summed E-state index contributed by atoms with van der Waals surface area (Å²) in [6.07, 6.45) is 3.72. The second kappa shape index (κ2) is 8.26. The number of fused-ring (bicyclic) bond motifs is 2. The van der Waals surface area contributed by atoms with E-state index in [0.717, 1.165) is 31.2 Å². The number of hydrogen-bond donors (Lipinski definition) is 4. The fourth-order valence-corrected chi connectivity index (χ4v) is 5.09. The standard InChI is InChI=1S/C22H29N3O5/c1-13-2-4-14(5-3-13)18(25-21(28)29)19(26)23-15-6-7-16-17(12-15)24-20(27)22(16)8-10-30-11-9-22/h6-7,12-14,18,25H,2-5,8-11H2,1H3,(H,23,26)(H,24,27)(H,28,29). The summed E-state index contributed by atoms with van der Waals surface area (Å²) in [5.74, 6) is 0.206. The predicted octanol–water partition coefficient (Wildman–Crippen LogP) is 3.09. The van der Waals surface area contributed by atoms with E-state index in [2.05, 4.69) is 22.9 Å². The summed E-state index contributed by atoms with van der Waals surface area (Å²) in [5.41, 5.74) is 1.64. The molecule has 4 N–H and O–H groups in total. The van der Waals surface area contributed by atoms with Crippen molar-refractivity contribution in [3.63, 3.8) is 0 Å². The molecule has 2 heterocycles. The number of carbonyl (C=O) groups excluding carboxylic acids is 2. The van der Waals surface area contributed by atoms with Crippen LogP contribution in [0.3, 0.4) is 0 Å². The van der Waals surface area contributed by atoms with Crippen molar-refractivity contribution in [3.8, 4) is 0 Å². The van der Waals surface area contributed by atoms with E-state index >= 15 is 0 Å². The van der Waals surface area contributed by atoms with Crippen molar-refractivity contribution < 1.29 is 24.2 Å². The predicted molar refractivity (Wildman–Crippen MR) is 112 cm³/mol. The maximum atomic E-state index is 12.9. The molecular formula is C22H29N3O5. The maximum absolute atomic E-state index is 12.9. The van der Waals surface area contributed by atoms with E-state index in [4.69, 9.17) is 4.74 Å². The molecule has 8 nitrogen and oxygen atoms in total. The molecule has 4 rings (SSSR count). The Bertz CT molecular complexity index is 841. The second-order valence-electron chi connectivity index (χ2n) is 8.85. The zero-order valence-electron chi connectivity index (χ0n) is 17.2. The van der Waals surface area contributed by atoms with Crippen LogP contribution in [0.25, 0.3) is 0 Å². The van der Waals surface area contributed by atoms with Crippen LogP contribution in [0.1, 0.15) is 51.0 Å². The van der Waals surface area contributed by atoms with Crippen molar-refractivity contribution in [2.75, 3.05) is 23.8 Å². The van der Waals surface area contributed by atoms with Crippen LogP contribution < -0.4 is 16.0 Å². The summed E-state index contributed by atoms with van der Waals surface area (Å²) >= 11 is 0. The third-order valence-corrected chi connectivity index (χ3v) is 6.93. The molecule has 0 bridgehead atoms. The van der Waals surface area contributed by atoms with Gasteiger partial charge in [0.1, 0.15) is 6.04 Å². The van der Waals surface area contributed by atoms with Gasteiger partial charge in [-0.05, 0) is 55.2 Å². The molecule has 1 atom stereocenters. The Hall–Kier alpha value is -2.61. The van der Waals surface area contributed by atoms with Crippen molar-refractivity contribution in [1.82, 2.24) is 5.32 Å². The third-order valence-electron chi connectivity index (χ3n) is 6.93. The van der Waals surface area contributed by atoms with E-state index < -0.39 is 17.6 Å². The second-order valence-corrected chi connectivity index (χ2v) is 8.85. The van der Waals surface area contributed by atoms with Gasteiger partial charge < -0.3 is 25.8 Å². The quantitative estimate of drug-likeness (QED) is 0.603. The molecule has 2 aliphatic heterocycles. The van der Waals surface area contributed by atoms with Gasteiger partial charge in [-0.3, -0.25) is 9.59 Å². The van der Waals surface area contributed by atoms with Gasteiger partial charge in [0.2, 0.25) is 11.8 Å². The minimum Gasteiger partial charge on any atom is -0.465 e. The Morgan fingerprint density at radius 3 is 2.57 bits per heavy atom. The van der Waals surface area contributed by atoms with E-state index in [9.17, 15) is 19.5 Å². The number of carbonyl (C=O) groups is 3. The number of anilines is 2. The van der Waals surface area contributed by atoms with Crippen molar-refractivity contribution in [2.24, 2.45) is 11.8 Å². The Morgan fingerprint density at radius 2 is 1.90 bits per heavy atom. The third kappa shape index (κ3) is 3.88. The normalized spacial score (nSPS) is 25.8. The first-order chi connectivity index (χ1) is 14.4. The van der Waals surface area contributed by atoms with Crippen molar-refractivity contribution in [3.05, 3.63) is 23.8 Å². The van der Waals surface area contributed by atoms with E-state index in [1.807, 2.05) is 6.07 Å².